The quantitative estimate of drug-likeness (QED) is 0.362. The van der Waals surface area contributed by atoms with Crippen LogP contribution in [-0.4, -0.2) is 24.9 Å². The maximum absolute atomic E-state index is 10.3. The Labute approximate surface area is 66.0 Å². The van der Waals surface area contributed by atoms with Crippen molar-refractivity contribution >= 4 is 5.97 Å². The van der Waals surface area contributed by atoms with Gasteiger partial charge in [0.05, 0.1) is 0 Å². The summed E-state index contributed by atoms with van der Waals surface area (Å²) < 4.78 is 4.81. The van der Waals surface area contributed by atoms with E-state index in [1.165, 1.54) is 0 Å². The van der Waals surface area contributed by atoms with Gasteiger partial charge in [-0.15, -0.1) is 0 Å². The van der Waals surface area contributed by atoms with E-state index in [4.69, 9.17) is 9.99 Å². The van der Waals surface area contributed by atoms with E-state index < -0.39 is 5.97 Å². The van der Waals surface area contributed by atoms with Crippen LogP contribution in [0.1, 0.15) is 25.7 Å². The van der Waals surface area contributed by atoms with Crippen molar-refractivity contribution in [2.75, 3.05) is 13.7 Å². The summed E-state index contributed by atoms with van der Waals surface area (Å²) in [5.74, 6) is -0.567. The standard InChI is InChI=1S/C7H14O4/c1-10-6-4-2-3-5-7(8)11-9/h9H,2-6H2,1H3. The lowest BCUT2D eigenvalue weighted by Crippen LogP contribution is -2.00. The van der Waals surface area contributed by atoms with Gasteiger partial charge in [-0.3, -0.25) is 0 Å². The fourth-order valence-electron chi connectivity index (χ4n) is 0.738. The summed E-state index contributed by atoms with van der Waals surface area (Å²) in [5, 5.41) is 7.86. The Bertz CT molecular complexity index is 103. The molecule has 0 aromatic rings. The number of ether oxygens (including phenoxy) is 1. The molecular weight excluding hydrogens is 148 g/mol. The van der Waals surface area contributed by atoms with Gasteiger partial charge in [0.15, 0.2) is 0 Å². The lowest BCUT2D eigenvalue weighted by molar-refractivity contribution is -0.234. The Morgan fingerprint density at radius 1 is 1.36 bits per heavy atom. The number of rotatable bonds is 6. The second-order valence-corrected chi connectivity index (χ2v) is 2.27. The first-order chi connectivity index (χ1) is 5.31. The van der Waals surface area contributed by atoms with E-state index in [2.05, 4.69) is 4.89 Å². The van der Waals surface area contributed by atoms with Crippen molar-refractivity contribution in [1.82, 2.24) is 0 Å². The van der Waals surface area contributed by atoms with Gasteiger partial charge >= 0.3 is 5.97 Å². The van der Waals surface area contributed by atoms with Crippen LogP contribution >= 0.6 is 0 Å². The Morgan fingerprint density at radius 3 is 2.64 bits per heavy atom. The molecule has 0 aromatic carbocycles. The van der Waals surface area contributed by atoms with Gasteiger partial charge in [-0.25, -0.2) is 4.79 Å². The molecule has 0 amide bonds. The van der Waals surface area contributed by atoms with Crippen molar-refractivity contribution in [2.24, 2.45) is 0 Å². The van der Waals surface area contributed by atoms with E-state index in [0.29, 0.717) is 6.61 Å². The van der Waals surface area contributed by atoms with Crippen LogP contribution in [0.3, 0.4) is 0 Å². The summed E-state index contributed by atoms with van der Waals surface area (Å²) in [6.45, 7) is 0.716. The van der Waals surface area contributed by atoms with Crippen molar-refractivity contribution in [1.29, 1.82) is 0 Å². The first-order valence-corrected chi connectivity index (χ1v) is 3.64. The van der Waals surface area contributed by atoms with Crippen LogP contribution in [0.15, 0.2) is 0 Å². The summed E-state index contributed by atoms with van der Waals surface area (Å²) in [5.41, 5.74) is 0. The minimum Gasteiger partial charge on any atom is -0.385 e. The monoisotopic (exact) mass is 162 g/mol. The molecule has 0 aliphatic carbocycles. The Hall–Kier alpha value is -0.610. The van der Waals surface area contributed by atoms with Crippen LogP contribution in [0.4, 0.5) is 0 Å². The Balaban J connectivity index is 2.95. The normalized spacial score (nSPS) is 9.64. The molecule has 0 radical (unpaired) electrons. The Kier molecular flexibility index (Phi) is 7.08. The molecule has 0 bridgehead atoms. The van der Waals surface area contributed by atoms with E-state index in [-0.39, 0.29) is 6.42 Å². The largest absolute Gasteiger partial charge is 0.385 e. The van der Waals surface area contributed by atoms with Crippen LogP contribution in [0.5, 0.6) is 0 Å². The highest BCUT2D eigenvalue weighted by Gasteiger charge is 1.99. The van der Waals surface area contributed by atoms with Gasteiger partial charge in [-0.1, -0.05) is 6.42 Å². The van der Waals surface area contributed by atoms with Crippen molar-refractivity contribution in [3.05, 3.63) is 0 Å². The molecule has 11 heavy (non-hydrogen) atoms. The molecule has 0 unspecified atom stereocenters. The molecule has 4 heteroatoms. The van der Waals surface area contributed by atoms with Gasteiger partial charge in [-0.05, 0) is 12.8 Å². The number of methoxy groups -OCH3 is 1. The molecule has 0 heterocycles. The molecule has 66 valence electrons. The minimum atomic E-state index is -0.567. The second-order valence-electron chi connectivity index (χ2n) is 2.27. The number of hydrogen-bond acceptors (Lipinski definition) is 4. The molecule has 1 N–H and O–H groups in total. The zero-order chi connectivity index (χ0) is 8.53. The summed E-state index contributed by atoms with van der Waals surface area (Å²) in [6, 6.07) is 0. The molecule has 4 nitrogen and oxygen atoms in total. The van der Waals surface area contributed by atoms with Crippen LogP contribution in [0.2, 0.25) is 0 Å². The molecular formula is C7H14O4. The van der Waals surface area contributed by atoms with Crippen molar-refractivity contribution < 1.29 is 19.7 Å². The summed E-state index contributed by atoms with van der Waals surface area (Å²) in [4.78, 5) is 13.8. The van der Waals surface area contributed by atoms with E-state index in [9.17, 15) is 4.79 Å². The van der Waals surface area contributed by atoms with E-state index >= 15 is 0 Å². The number of hydrogen-bond donors (Lipinski definition) is 1. The van der Waals surface area contributed by atoms with Crippen LogP contribution < -0.4 is 0 Å². The molecule has 0 saturated heterocycles. The average Bonchev–Trinajstić information content (AvgIpc) is 2.04. The van der Waals surface area contributed by atoms with E-state index in [1.54, 1.807) is 7.11 Å². The fraction of sp³-hybridized carbons (Fsp3) is 0.857. The molecule has 0 aliphatic rings. The highest BCUT2D eigenvalue weighted by molar-refractivity contribution is 5.68. The highest BCUT2D eigenvalue weighted by atomic mass is 17.1. The molecule has 0 atom stereocenters. The summed E-state index contributed by atoms with van der Waals surface area (Å²) in [6.07, 6.45) is 2.88. The predicted octanol–water partition coefficient (Wildman–Crippen LogP) is 1.21. The maximum Gasteiger partial charge on any atom is 0.342 e. The maximum atomic E-state index is 10.3. The minimum absolute atomic E-state index is 0.278. The molecule has 0 aliphatic heterocycles. The van der Waals surface area contributed by atoms with Gasteiger partial charge < -0.3 is 9.62 Å². The van der Waals surface area contributed by atoms with Gasteiger partial charge in [0.25, 0.3) is 0 Å². The number of carbonyl (C=O) groups is 1. The summed E-state index contributed by atoms with van der Waals surface area (Å²) >= 11 is 0. The Morgan fingerprint density at radius 2 is 2.09 bits per heavy atom. The van der Waals surface area contributed by atoms with Gasteiger partial charge in [-0.2, -0.15) is 5.26 Å². The van der Waals surface area contributed by atoms with Crippen LogP contribution in [0.25, 0.3) is 0 Å². The van der Waals surface area contributed by atoms with Crippen LogP contribution in [-0.2, 0) is 14.4 Å². The van der Waals surface area contributed by atoms with Crippen molar-refractivity contribution in [3.63, 3.8) is 0 Å². The van der Waals surface area contributed by atoms with Crippen molar-refractivity contribution in [3.8, 4) is 0 Å². The van der Waals surface area contributed by atoms with E-state index in [0.717, 1.165) is 19.3 Å². The summed E-state index contributed by atoms with van der Waals surface area (Å²) in [7, 11) is 1.64. The zero-order valence-corrected chi connectivity index (χ0v) is 6.71. The third-order valence-corrected chi connectivity index (χ3v) is 1.33. The van der Waals surface area contributed by atoms with Gasteiger partial charge in [0, 0.05) is 20.1 Å². The first kappa shape index (κ1) is 10.4. The van der Waals surface area contributed by atoms with Crippen molar-refractivity contribution in [2.45, 2.75) is 25.7 Å². The predicted molar refractivity (Wildman–Crippen MR) is 39.1 cm³/mol. The molecule has 0 fully saturated rings. The average molecular weight is 162 g/mol. The molecule has 0 aromatic heterocycles. The van der Waals surface area contributed by atoms with Crippen LogP contribution in [0, 0.1) is 0 Å². The molecule has 0 saturated carbocycles. The SMILES string of the molecule is COCCCCCC(=O)OO. The molecule has 0 spiro atoms. The second kappa shape index (κ2) is 7.50. The third kappa shape index (κ3) is 7.29. The van der Waals surface area contributed by atoms with Gasteiger partial charge in [0.1, 0.15) is 0 Å². The third-order valence-electron chi connectivity index (χ3n) is 1.33. The lowest BCUT2D eigenvalue weighted by atomic mass is 10.2. The fourth-order valence-corrected chi connectivity index (χ4v) is 0.738. The first-order valence-electron chi connectivity index (χ1n) is 3.64. The molecule has 0 rings (SSSR count). The van der Waals surface area contributed by atoms with E-state index in [1.807, 2.05) is 0 Å². The zero-order valence-electron chi connectivity index (χ0n) is 6.71. The smallest absolute Gasteiger partial charge is 0.342 e. The highest BCUT2D eigenvalue weighted by Crippen LogP contribution is 2.00. The van der Waals surface area contributed by atoms with Gasteiger partial charge in [0.2, 0.25) is 0 Å². The number of carbonyl (C=O) groups excluding carboxylic acids is 1. The lowest BCUT2D eigenvalue weighted by Gasteiger charge is -1.97. The topological polar surface area (TPSA) is 55.8 Å². The number of unbranched alkanes of at least 4 members (excludes halogenated alkanes) is 2.